The van der Waals surface area contributed by atoms with Crippen molar-refractivity contribution < 1.29 is 5.11 Å². The minimum Gasteiger partial charge on any atom is -0.508 e. The van der Waals surface area contributed by atoms with Crippen LogP contribution < -0.4 is 5.43 Å². The highest BCUT2D eigenvalue weighted by Gasteiger charge is 2.14. The van der Waals surface area contributed by atoms with Crippen LogP contribution in [0, 0.1) is 0 Å². The molecule has 1 aliphatic rings. The number of phenols is 1. The summed E-state index contributed by atoms with van der Waals surface area (Å²) in [6.45, 7) is 4.65. The number of hydrogen-bond donors (Lipinski definition) is 2. The molecule has 0 aromatic heterocycles. The zero-order valence-electron chi connectivity index (χ0n) is 9.99. The summed E-state index contributed by atoms with van der Waals surface area (Å²) in [5.41, 5.74) is 4.06. The van der Waals surface area contributed by atoms with Crippen LogP contribution in [-0.4, -0.2) is 48.2 Å². The Kier molecular flexibility index (Phi) is 4.23. The molecule has 2 rings (SSSR count). The Morgan fingerprint density at radius 1 is 1.29 bits per heavy atom. The van der Waals surface area contributed by atoms with E-state index in [2.05, 4.69) is 22.4 Å². The van der Waals surface area contributed by atoms with Gasteiger partial charge in [0.05, 0.1) is 0 Å². The van der Waals surface area contributed by atoms with Gasteiger partial charge in [-0.3, -0.25) is 5.43 Å². The van der Waals surface area contributed by atoms with E-state index in [0.717, 1.165) is 31.7 Å². The molecule has 0 bridgehead atoms. The first kappa shape index (κ1) is 12.6. The van der Waals surface area contributed by atoms with Gasteiger partial charge >= 0.3 is 0 Å². The molecular formula is C12H18ClN3O. The molecule has 0 saturated carbocycles. The Balaban J connectivity index is 1.89. The van der Waals surface area contributed by atoms with E-state index in [1.165, 1.54) is 0 Å². The van der Waals surface area contributed by atoms with Crippen molar-refractivity contribution in [3.8, 4) is 5.75 Å². The molecule has 17 heavy (non-hydrogen) atoms. The van der Waals surface area contributed by atoms with Crippen molar-refractivity contribution in [2.45, 2.75) is 6.54 Å². The largest absolute Gasteiger partial charge is 0.508 e. The topological polar surface area (TPSA) is 38.7 Å². The average molecular weight is 256 g/mol. The summed E-state index contributed by atoms with van der Waals surface area (Å²) in [5.74, 6) is 0.249. The first-order valence-corrected chi connectivity index (χ1v) is 6.18. The van der Waals surface area contributed by atoms with Gasteiger partial charge < -0.3 is 10.0 Å². The molecular weight excluding hydrogens is 238 g/mol. The van der Waals surface area contributed by atoms with Gasteiger partial charge in [-0.1, -0.05) is 17.7 Å². The molecule has 1 aliphatic heterocycles. The lowest BCUT2D eigenvalue weighted by molar-refractivity contribution is 0.102. The fourth-order valence-electron chi connectivity index (χ4n) is 1.88. The van der Waals surface area contributed by atoms with Crippen molar-refractivity contribution in [3.05, 3.63) is 28.8 Å². The summed E-state index contributed by atoms with van der Waals surface area (Å²) in [7, 11) is 2.12. The van der Waals surface area contributed by atoms with Crippen LogP contribution in [0.15, 0.2) is 18.2 Å². The molecule has 1 aromatic carbocycles. The molecule has 0 spiro atoms. The van der Waals surface area contributed by atoms with Crippen molar-refractivity contribution in [2.75, 3.05) is 33.2 Å². The fraction of sp³-hybridized carbons (Fsp3) is 0.500. The van der Waals surface area contributed by atoms with Crippen molar-refractivity contribution >= 4 is 11.6 Å². The summed E-state index contributed by atoms with van der Waals surface area (Å²) in [6, 6.07) is 5.20. The number of hydrogen-bond acceptors (Lipinski definition) is 4. The maximum absolute atomic E-state index is 9.71. The second-order valence-corrected chi connectivity index (χ2v) is 4.77. The lowest BCUT2D eigenvalue weighted by atomic mass is 10.2. The Hall–Kier alpha value is -0.810. The number of nitrogens with zero attached hydrogens (tertiary/aromatic N) is 2. The van der Waals surface area contributed by atoms with Crippen LogP contribution >= 0.6 is 11.6 Å². The van der Waals surface area contributed by atoms with Crippen molar-refractivity contribution in [1.82, 2.24) is 15.3 Å². The molecule has 0 unspecified atom stereocenters. The van der Waals surface area contributed by atoms with Crippen LogP contribution in [0.2, 0.25) is 5.02 Å². The molecule has 1 saturated heterocycles. The molecule has 5 heteroatoms. The van der Waals surface area contributed by atoms with Crippen LogP contribution in [0.3, 0.4) is 0 Å². The molecule has 0 amide bonds. The van der Waals surface area contributed by atoms with Crippen LogP contribution in [0.4, 0.5) is 0 Å². The number of phenolic OH excluding ortho intramolecular Hbond substituents is 1. The first-order valence-electron chi connectivity index (χ1n) is 5.80. The second-order valence-electron chi connectivity index (χ2n) is 4.36. The standard InChI is InChI=1S/C12H18ClN3O/c1-15-5-7-16(8-6-15)14-9-10-11(13)3-2-4-12(10)17/h2-4,14,17H,5-9H2,1H3. The number of rotatable bonds is 3. The maximum Gasteiger partial charge on any atom is 0.121 e. The summed E-state index contributed by atoms with van der Waals surface area (Å²) in [6.07, 6.45) is 0. The van der Waals surface area contributed by atoms with E-state index in [1.807, 2.05) is 0 Å². The van der Waals surface area contributed by atoms with E-state index < -0.39 is 0 Å². The van der Waals surface area contributed by atoms with Crippen LogP contribution in [0.25, 0.3) is 0 Å². The Morgan fingerprint density at radius 3 is 2.65 bits per heavy atom. The number of hydrazine groups is 1. The number of aromatic hydroxyl groups is 1. The summed E-state index contributed by atoms with van der Waals surface area (Å²) in [5, 5.41) is 12.5. The molecule has 2 N–H and O–H groups in total. The van der Waals surface area contributed by atoms with Gasteiger partial charge in [0.1, 0.15) is 5.75 Å². The zero-order chi connectivity index (χ0) is 12.3. The van der Waals surface area contributed by atoms with Crippen LogP contribution in [-0.2, 0) is 6.54 Å². The Morgan fingerprint density at radius 2 is 2.00 bits per heavy atom. The predicted molar refractivity (Wildman–Crippen MR) is 69.0 cm³/mol. The van der Waals surface area contributed by atoms with Gasteiger partial charge in [-0.15, -0.1) is 0 Å². The van der Waals surface area contributed by atoms with E-state index >= 15 is 0 Å². The normalized spacial score (nSPS) is 18.5. The monoisotopic (exact) mass is 255 g/mol. The van der Waals surface area contributed by atoms with E-state index in [0.29, 0.717) is 11.6 Å². The lowest BCUT2D eigenvalue weighted by Crippen LogP contribution is -2.50. The zero-order valence-corrected chi connectivity index (χ0v) is 10.7. The third-order valence-corrected chi connectivity index (χ3v) is 3.43. The van der Waals surface area contributed by atoms with E-state index in [-0.39, 0.29) is 5.75 Å². The molecule has 1 fully saturated rings. The smallest absolute Gasteiger partial charge is 0.121 e. The van der Waals surface area contributed by atoms with Gasteiger partial charge in [0.25, 0.3) is 0 Å². The average Bonchev–Trinajstić information content (AvgIpc) is 2.31. The summed E-state index contributed by atoms with van der Waals surface area (Å²) < 4.78 is 0. The van der Waals surface area contributed by atoms with Gasteiger partial charge in [0, 0.05) is 43.3 Å². The van der Waals surface area contributed by atoms with Crippen molar-refractivity contribution in [2.24, 2.45) is 0 Å². The number of benzene rings is 1. The van der Waals surface area contributed by atoms with Gasteiger partial charge in [-0.2, -0.15) is 0 Å². The molecule has 0 radical (unpaired) electrons. The van der Waals surface area contributed by atoms with E-state index in [4.69, 9.17) is 11.6 Å². The van der Waals surface area contributed by atoms with Gasteiger partial charge in [-0.05, 0) is 19.2 Å². The van der Waals surface area contributed by atoms with Gasteiger partial charge in [0.2, 0.25) is 0 Å². The number of likely N-dealkylation sites (N-methyl/N-ethyl adjacent to an activating group) is 1. The third kappa shape index (κ3) is 3.33. The van der Waals surface area contributed by atoms with Crippen molar-refractivity contribution in [3.63, 3.8) is 0 Å². The molecule has 94 valence electrons. The molecule has 1 heterocycles. The number of piperazine rings is 1. The van der Waals surface area contributed by atoms with Crippen LogP contribution in [0.5, 0.6) is 5.75 Å². The second kappa shape index (κ2) is 5.69. The maximum atomic E-state index is 9.71. The highest BCUT2D eigenvalue weighted by molar-refractivity contribution is 6.31. The first-order chi connectivity index (χ1) is 8.16. The quantitative estimate of drug-likeness (QED) is 0.854. The molecule has 0 atom stereocenters. The van der Waals surface area contributed by atoms with Crippen LogP contribution in [0.1, 0.15) is 5.56 Å². The van der Waals surface area contributed by atoms with E-state index in [1.54, 1.807) is 18.2 Å². The fourth-order valence-corrected chi connectivity index (χ4v) is 2.11. The summed E-state index contributed by atoms with van der Waals surface area (Å²) in [4.78, 5) is 2.30. The van der Waals surface area contributed by atoms with E-state index in [9.17, 15) is 5.11 Å². The van der Waals surface area contributed by atoms with Crippen molar-refractivity contribution in [1.29, 1.82) is 0 Å². The predicted octanol–water partition coefficient (Wildman–Crippen LogP) is 1.30. The number of nitrogens with one attached hydrogen (secondary N) is 1. The molecule has 0 aliphatic carbocycles. The van der Waals surface area contributed by atoms with Gasteiger partial charge in [0.15, 0.2) is 0 Å². The van der Waals surface area contributed by atoms with Gasteiger partial charge in [-0.25, -0.2) is 5.01 Å². The Labute approximate surface area is 107 Å². The number of halogens is 1. The summed E-state index contributed by atoms with van der Waals surface area (Å²) >= 11 is 6.04. The lowest BCUT2D eigenvalue weighted by Gasteiger charge is -2.32. The Bertz CT molecular complexity index is 358. The molecule has 4 nitrogen and oxygen atoms in total. The molecule has 1 aromatic rings. The minimum absolute atomic E-state index is 0.249. The highest BCUT2D eigenvalue weighted by Crippen LogP contribution is 2.24. The SMILES string of the molecule is CN1CCN(NCc2c(O)cccc2Cl)CC1. The highest BCUT2D eigenvalue weighted by atomic mass is 35.5. The minimum atomic E-state index is 0.249. The third-order valence-electron chi connectivity index (χ3n) is 3.08.